The van der Waals surface area contributed by atoms with Crippen LogP contribution in [0.2, 0.25) is 0 Å². The van der Waals surface area contributed by atoms with Gasteiger partial charge in [0, 0.05) is 44.6 Å². The third-order valence-corrected chi connectivity index (χ3v) is 12.2. The minimum atomic E-state index is -2.28. The molecule has 2 fully saturated rings. The average Bonchev–Trinajstić information content (AvgIpc) is 3.81. The molecule has 1 amide bonds. The maximum atomic E-state index is 13.8. The van der Waals surface area contributed by atoms with E-state index in [1.807, 2.05) is 37.3 Å². The summed E-state index contributed by atoms with van der Waals surface area (Å²) >= 11 is 0. The van der Waals surface area contributed by atoms with Crippen LogP contribution in [0.3, 0.4) is 0 Å². The van der Waals surface area contributed by atoms with Crippen LogP contribution in [0, 0.1) is 11.8 Å². The van der Waals surface area contributed by atoms with E-state index in [1.165, 1.54) is 17.3 Å². The van der Waals surface area contributed by atoms with Crippen molar-refractivity contribution in [2.75, 3.05) is 13.2 Å². The summed E-state index contributed by atoms with van der Waals surface area (Å²) < 4.78 is 24.8. The number of rotatable bonds is 6. The number of fused-ring (bicyclic) bond motifs is 2. The Morgan fingerprint density at radius 2 is 1.41 bits per heavy atom. The zero-order valence-corrected chi connectivity index (χ0v) is 39.8. The number of esters is 1. The number of carbonyl (C=O) groups is 2. The lowest BCUT2D eigenvalue weighted by Crippen LogP contribution is -2.59. The highest BCUT2D eigenvalue weighted by Gasteiger charge is 2.50. The molecular formula is C49H75N5O16. The van der Waals surface area contributed by atoms with Crippen LogP contribution in [0.25, 0.3) is 0 Å². The normalized spacial score (nSPS) is 40.9. The number of hydrogen-bond donors (Lipinski definition) is 12. The number of carbonyl (C=O) groups excluding carboxylic acids is 2. The molecule has 3 aliphatic rings. The Bertz CT molecular complexity index is 1910. The molecule has 392 valence electrons. The lowest BCUT2D eigenvalue weighted by molar-refractivity contribution is -0.304. The maximum absolute atomic E-state index is 13.8. The Hall–Kier alpha value is -4.30. The first-order valence-corrected chi connectivity index (χ1v) is 23.9. The smallest absolute Gasteiger partial charge is 0.308 e. The predicted octanol–water partition coefficient (Wildman–Crippen LogP) is -0.599. The number of nitrogens with one attached hydrogen (secondary N) is 1. The Morgan fingerprint density at radius 3 is 2.06 bits per heavy atom. The number of nitrogens with zero attached hydrogens (tertiary/aromatic N) is 3. The first-order valence-electron chi connectivity index (χ1n) is 23.9. The number of cyclic esters (lactones) is 1. The van der Waals surface area contributed by atoms with Gasteiger partial charge in [0.1, 0.15) is 24.9 Å². The number of ether oxygens (including phenoxy) is 4. The number of aliphatic hydroxyl groups excluding tert-OH is 9. The summed E-state index contributed by atoms with van der Waals surface area (Å²) in [6.07, 6.45) is 8.37. The molecule has 13 N–H and O–H groups in total. The van der Waals surface area contributed by atoms with E-state index >= 15 is 0 Å². The molecule has 70 heavy (non-hydrogen) atoms. The van der Waals surface area contributed by atoms with Gasteiger partial charge in [0.15, 0.2) is 12.1 Å². The fraction of sp³-hybridized carbons (Fsp3) is 0.633. The summed E-state index contributed by atoms with van der Waals surface area (Å²) in [5.74, 6) is -5.22. The Balaban J connectivity index is 1.57. The van der Waals surface area contributed by atoms with Crippen molar-refractivity contribution in [3.8, 4) is 0 Å². The molecule has 0 spiro atoms. The molecule has 0 aliphatic carbocycles. The minimum Gasteiger partial charge on any atom is -0.462 e. The molecule has 0 aromatic carbocycles. The quantitative estimate of drug-likeness (QED) is 0.158. The fourth-order valence-electron chi connectivity index (χ4n) is 8.27. The zero-order chi connectivity index (χ0) is 51.2. The van der Waals surface area contributed by atoms with Crippen molar-refractivity contribution in [1.29, 1.82) is 0 Å². The van der Waals surface area contributed by atoms with Gasteiger partial charge in [-0.15, -0.1) is 0 Å². The van der Waals surface area contributed by atoms with Gasteiger partial charge in [0.2, 0.25) is 5.91 Å². The second kappa shape index (κ2) is 29.9. The average molecular weight is 990 g/mol. The van der Waals surface area contributed by atoms with E-state index in [9.17, 15) is 60.7 Å². The molecule has 4 heterocycles. The molecule has 8 unspecified atom stereocenters. The van der Waals surface area contributed by atoms with Crippen molar-refractivity contribution in [2.24, 2.45) is 17.6 Å². The van der Waals surface area contributed by atoms with E-state index in [4.69, 9.17) is 24.7 Å². The van der Waals surface area contributed by atoms with Gasteiger partial charge in [-0.1, -0.05) is 92.0 Å². The highest BCUT2D eigenvalue weighted by Crippen LogP contribution is 2.38. The number of nitrogens with two attached hydrogens (primary N) is 1. The van der Waals surface area contributed by atoms with Crippen molar-refractivity contribution in [3.63, 3.8) is 0 Å². The monoisotopic (exact) mass is 990 g/mol. The summed E-state index contributed by atoms with van der Waals surface area (Å²) in [6, 6.07) is -1.12. The van der Waals surface area contributed by atoms with E-state index in [2.05, 4.69) is 15.4 Å². The molecular weight excluding hydrogens is 915 g/mol. The van der Waals surface area contributed by atoms with Crippen LogP contribution in [-0.2, 0) is 35.1 Å². The fourth-order valence-corrected chi connectivity index (χ4v) is 8.27. The lowest BCUT2D eigenvalue weighted by Gasteiger charge is -2.45. The molecule has 1 aromatic rings. The van der Waals surface area contributed by atoms with E-state index in [0.717, 1.165) is 0 Å². The Morgan fingerprint density at radius 1 is 0.771 bits per heavy atom. The first kappa shape index (κ1) is 58.3. The van der Waals surface area contributed by atoms with E-state index < -0.39 is 135 Å². The van der Waals surface area contributed by atoms with Crippen molar-refractivity contribution in [3.05, 3.63) is 97.7 Å². The van der Waals surface area contributed by atoms with Crippen molar-refractivity contribution in [2.45, 2.75) is 170 Å². The summed E-state index contributed by atoms with van der Waals surface area (Å²) in [5.41, 5.74) is 6.02. The van der Waals surface area contributed by atoms with Crippen LogP contribution < -0.4 is 11.1 Å². The van der Waals surface area contributed by atoms with Crippen LogP contribution >= 0.6 is 0 Å². The SMILES string of the molecule is C[C@H]1C[C@H](O)[C@@H](C)/C=C/C=C/C=C/C=C/C=C/C=C/C=C/C(O[C@@H]2OC[C@@H](O)[C@H](N)[C@@H]2O)C[C@@H]2OC(O)(CC(O)CC(O)C(O)CCC(O)CC(O)CC(=O)O1)C[C@H](O)C2C(=O)NCCn1cncn1. The van der Waals surface area contributed by atoms with Gasteiger partial charge in [-0.3, -0.25) is 14.3 Å². The Labute approximate surface area is 408 Å². The summed E-state index contributed by atoms with van der Waals surface area (Å²) in [5, 5.41) is 116. The third kappa shape index (κ3) is 20.4. The number of hydrogen-bond acceptors (Lipinski definition) is 19. The van der Waals surface area contributed by atoms with Crippen LogP contribution in [-0.4, -0.2) is 182 Å². The lowest BCUT2D eigenvalue weighted by atomic mass is 9.82. The highest BCUT2D eigenvalue weighted by molar-refractivity contribution is 5.80. The van der Waals surface area contributed by atoms with Crippen LogP contribution in [0.15, 0.2) is 97.7 Å². The maximum Gasteiger partial charge on any atom is 0.308 e. The van der Waals surface area contributed by atoms with Gasteiger partial charge in [-0.25, -0.2) is 4.98 Å². The van der Waals surface area contributed by atoms with Gasteiger partial charge in [-0.2, -0.15) is 5.10 Å². The van der Waals surface area contributed by atoms with Crippen molar-refractivity contribution >= 4 is 11.9 Å². The summed E-state index contributed by atoms with van der Waals surface area (Å²) in [7, 11) is 0. The number of amides is 1. The summed E-state index contributed by atoms with van der Waals surface area (Å²) in [6.45, 7) is 3.53. The van der Waals surface area contributed by atoms with Gasteiger partial charge in [0.05, 0.1) is 92.6 Å². The zero-order valence-electron chi connectivity index (χ0n) is 39.8. The highest BCUT2D eigenvalue weighted by atomic mass is 16.7. The van der Waals surface area contributed by atoms with Crippen LogP contribution in [0.4, 0.5) is 0 Å². The largest absolute Gasteiger partial charge is 0.462 e. The molecule has 17 atom stereocenters. The molecule has 21 heteroatoms. The minimum absolute atomic E-state index is 0.0827. The number of aliphatic hydroxyl groups is 10. The van der Waals surface area contributed by atoms with E-state index in [-0.39, 0.29) is 57.7 Å². The second-order valence-corrected chi connectivity index (χ2v) is 18.3. The van der Waals surface area contributed by atoms with Crippen molar-refractivity contribution < 1.29 is 79.6 Å². The number of allylic oxidation sites excluding steroid dienone is 12. The van der Waals surface area contributed by atoms with Crippen LogP contribution in [0.1, 0.15) is 71.6 Å². The van der Waals surface area contributed by atoms with Crippen LogP contribution in [0.5, 0.6) is 0 Å². The second-order valence-electron chi connectivity index (χ2n) is 18.3. The van der Waals surface area contributed by atoms with Gasteiger partial charge < -0.3 is 81.1 Å². The molecule has 0 radical (unpaired) electrons. The molecule has 21 nitrogen and oxygen atoms in total. The molecule has 4 rings (SSSR count). The summed E-state index contributed by atoms with van der Waals surface area (Å²) in [4.78, 5) is 30.2. The van der Waals surface area contributed by atoms with Gasteiger partial charge in [0.25, 0.3) is 0 Å². The molecule has 0 saturated carbocycles. The standard InChI is InChI=1S/C49H75N5O16/c1-31-15-13-11-9-7-5-3-4-6-8-10-12-14-16-36(69-48-46(64)45(50)41(62)28-67-48)25-42-44(47(65)52-19-20-54-30-51-29-53-54)40(61)27-49(66,70-42)26-35(57)23-39(60)37(58)18-17-33(55)22-34(56)24-43(63)68-32(2)21-38(31)59/h3-16,29-42,44-46,48,55-62,64,66H,17-28,50H2,1-2H3,(H,52,65)/b4-3+,7-5+,8-6+,11-9+,12-10+,15-13+,16-14+/t31-,32-,33?,34?,35?,36?,37?,38-,39?,40-,41+,42-,44?,45-,46-,48-,49?/m0/s1. The molecule has 2 bridgehead atoms. The molecule has 2 saturated heterocycles. The topological polar surface area (TPSA) is 342 Å². The van der Waals surface area contributed by atoms with E-state index in [1.54, 1.807) is 61.6 Å². The number of aromatic nitrogens is 3. The Kier molecular flexibility index (Phi) is 24.9. The van der Waals surface area contributed by atoms with E-state index in [0.29, 0.717) is 0 Å². The molecule has 3 aliphatic heterocycles. The van der Waals surface area contributed by atoms with Gasteiger partial charge >= 0.3 is 5.97 Å². The first-order chi connectivity index (χ1) is 33.3. The predicted molar refractivity (Wildman–Crippen MR) is 253 cm³/mol. The van der Waals surface area contributed by atoms with Crippen molar-refractivity contribution in [1.82, 2.24) is 20.1 Å². The third-order valence-electron chi connectivity index (χ3n) is 12.2. The molecule has 1 aromatic heterocycles. The van der Waals surface area contributed by atoms with Gasteiger partial charge in [-0.05, 0) is 26.2 Å².